The van der Waals surface area contributed by atoms with Crippen molar-refractivity contribution in [2.24, 2.45) is 0 Å². The third kappa shape index (κ3) is 2.72. The Labute approximate surface area is 109 Å². The molecule has 0 aliphatic heterocycles. The summed E-state index contributed by atoms with van der Waals surface area (Å²) in [6.45, 7) is 0. The molecule has 0 saturated heterocycles. The average Bonchev–Trinajstić information content (AvgIpc) is 2.25. The Morgan fingerprint density at radius 1 is 1.31 bits per heavy atom. The molecule has 2 rings (SSSR count). The number of rotatable bonds is 2. The van der Waals surface area contributed by atoms with Gasteiger partial charge >= 0.3 is 0 Å². The lowest BCUT2D eigenvalue weighted by molar-refractivity contribution is 0.588. The maximum atomic E-state index is 13.5. The lowest BCUT2D eigenvalue weighted by Crippen LogP contribution is -1.88. The summed E-state index contributed by atoms with van der Waals surface area (Å²) in [7, 11) is 0. The second kappa shape index (κ2) is 5.12. The number of nitrogens with zero attached hydrogens (tertiary/aromatic N) is 2. The van der Waals surface area contributed by atoms with Crippen LogP contribution in [0.3, 0.4) is 0 Å². The van der Waals surface area contributed by atoms with E-state index in [1.54, 1.807) is 12.3 Å². The molecule has 0 bridgehead atoms. The Bertz CT molecular complexity index is 524. The van der Waals surface area contributed by atoms with E-state index in [1.165, 1.54) is 12.3 Å². The molecule has 0 fully saturated rings. The van der Waals surface area contributed by atoms with E-state index in [0.29, 0.717) is 5.03 Å². The van der Waals surface area contributed by atoms with Crippen LogP contribution >= 0.6 is 39.3 Å². The summed E-state index contributed by atoms with van der Waals surface area (Å²) in [5.74, 6) is -0.449. The van der Waals surface area contributed by atoms with Crippen LogP contribution in [-0.4, -0.2) is 9.97 Å². The van der Waals surface area contributed by atoms with Gasteiger partial charge in [-0.15, -0.1) is 0 Å². The van der Waals surface area contributed by atoms with Crippen molar-refractivity contribution < 1.29 is 4.39 Å². The fraction of sp³-hybridized carbons (Fsp3) is 0. The zero-order valence-electron chi connectivity index (χ0n) is 7.82. The third-order valence-corrected chi connectivity index (χ3v) is 3.81. The molecule has 0 unspecified atom stereocenters. The minimum absolute atomic E-state index is 0.254. The summed E-state index contributed by atoms with van der Waals surface area (Å²) < 4.78 is 14.3. The average molecular weight is 320 g/mol. The van der Waals surface area contributed by atoms with Crippen molar-refractivity contribution in [1.29, 1.82) is 0 Å². The van der Waals surface area contributed by atoms with Crippen LogP contribution in [-0.2, 0) is 0 Å². The minimum atomic E-state index is -0.449. The largest absolute Gasteiger partial charge is 0.248 e. The monoisotopic (exact) mass is 318 g/mol. The number of halogens is 3. The van der Waals surface area contributed by atoms with Gasteiger partial charge in [0.15, 0.2) is 5.82 Å². The van der Waals surface area contributed by atoms with Crippen molar-refractivity contribution in [2.45, 2.75) is 10.1 Å². The quantitative estimate of drug-likeness (QED) is 0.830. The smallest absolute Gasteiger partial charge is 0.157 e. The molecule has 2 nitrogen and oxygen atoms in total. The van der Waals surface area contributed by atoms with Gasteiger partial charge in [-0.05, 0) is 45.9 Å². The van der Waals surface area contributed by atoms with Crippen molar-refractivity contribution in [2.75, 3.05) is 0 Å². The van der Waals surface area contributed by atoms with Gasteiger partial charge in [0.25, 0.3) is 0 Å². The molecule has 0 atom stereocenters. The van der Waals surface area contributed by atoms with Gasteiger partial charge in [0.05, 0.1) is 9.50 Å². The standard InChI is InChI=1S/C10H5BrClFN2S/c11-7-2-1-3-14-9(7)16-10-8(13)4-6(12)5-15-10/h1-5H. The number of hydrogen-bond acceptors (Lipinski definition) is 3. The van der Waals surface area contributed by atoms with Crippen LogP contribution in [0.5, 0.6) is 0 Å². The Kier molecular flexibility index (Phi) is 3.78. The van der Waals surface area contributed by atoms with Crippen LogP contribution in [0.1, 0.15) is 0 Å². The van der Waals surface area contributed by atoms with E-state index < -0.39 is 5.82 Å². The molecule has 0 saturated carbocycles. The molecule has 6 heteroatoms. The van der Waals surface area contributed by atoms with E-state index in [-0.39, 0.29) is 10.0 Å². The molecule has 82 valence electrons. The van der Waals surface area contributed by atoms with Crippen molar-refractivity contribution in [3.63, 3.8) is 0 Å². The van der Waals surface area contributed by atoms with Gasteiger partial charge in [-0.1, -0.05) is 11.6 Å². The van der Waals surface area contributed by atoms with E-state index in [0.717, 1.165) is 16.2 Å². The Balaban J connectivity index is 2.31. The molecule has 0 spiro atoms. The third-order valence-electron chi connectivity index (χ3n) is 1.69. The first-order valence-electron chi connectivity index (χ1n) is 4.26. The Morgan fingerprint density at radius 2 is 2.12 bits per heavy atom. The summed E-state index contributed by atoms with van der Waals surface area (Å²) >= 11 is 10.1. The second-order valence-electron chi connectivity index (χ2n) is 2.83. The molecular formula is C10H5BrClFN2S. The van der Waals surface area contributed by atoms with Crippen LogP contribution in [0.15, 0.2) is 45.1 Å². The molecule has 2 aromatic rings. The predicted molar refractivity (Wildman–Crippen MR) is 65.3 cm³/mol. The molecule has 2 heterocycles. The summed E-state index contributed by atoms with van der Waals surface area (Å²) in [6.07, 6.45) is 3.05. The van der Waals surface area contributed by atoms with Crippen LogP contribution in [0.2, 0.25) is 5.02 Å². The molecule has 0 aliphatic rings. The summed E-state index contributed by atoms with van der Waals surface area (Å²) in [5, 5.41) is 1.20. The van der Waals surface area contributed by atoms with Gasteiger partial charge in [0, 0.05) is 12.4 Å². The number of aromatic nitrogens is 2. The van der Waals surface area contributed by atoms with Gasteiger partial charge in [-0.2, -0.15) is 0 Å². The first kappa shape index (κ1) is 11.8. The molecule has 0 aromatic carbocycles. The van der Waals surface area contributed by atoms with E-state index in [9.17, 15) is 4.39 Å². The maximum absolute atomic E-state index is 13.5. The van der Waals surface area contributed by atoms with Crippen molar-refractivity contribution in [3.8, 4) is 0 Å². The van der Waals surface area contributed by atoms with Crippen LogP contribution in [0, 0.1) is 5.82 Å². The van der Waals surface area contributed by atoms with Crippen molar-refractivity contribution >= 4 is 39.3 Å². The second-order valence-corrected chi connectivity index (χ2v) is 5.10. The minimum Gasteiger partial charge on any atom is -0.248 e. The lowest BCUT2D eigenvalue weighted by Gasteiger charge is -2.03. The van der Waals surface area contributed by atoms with Gasteiger partial charge in [-0.25, -0.2) is 14.4 Å². The topological polar surface area (TPSA) is 25.8 Å². The number of hydrogen-bond donors (Lipinski definition) is 0. The first-order chi connectivity index (χ1) is 7.66. The zero-order valence-corrected chi connectivity index (χ0v) is 11.0. The van der Waals surface area contributed by atoms with E-state index >= 15 is 0 Å². The van der Waals surface area contributed by atoms with Gasteiger partial charge in [0.1, 0.15) is 10.1 Å². The molecule has 16 heavy (non-hydrogen) atoms. The van der Waals surface area contributed by atoms with Crippen LogP contribution in [0.25, 0.3) is 0 Å². The SMILES string of the molecule is Fc1cc(Cl)cnc1Sc1ncccc1Br. The van der Waals surface area contributed by atoms with E-state index in [1.807, 2.05) is 6.07 Å². The zero-order chi connectivity index (χ0) is 11.5. The molecule has 0 amide bonds. The molecule has 0 radical (unpaired) electrons. The predicted octanol–water partition coefficient (Wildman–Crippen LogP) is 4.18. The normalized spacial score (nSPS) is 10.4. The molecular weight excluding hydrogens is 315 g/mol. The van der Waals surface area contributed by atoms with E-state index in [2.05, 4.69) is 25.9 Å². The van der Waals surface area contributed by atoms with Gasteiger partial charge in [0.2, 0.25) is 0 Å². The maximum Gasteiger partial charge on any atom is 0.157 e. The molecule has 0 aliphatic carbocycles. The van der Waals surface area contributed by atoms with Gasteiger partial charge in [-0.3, -0.25) is 0 Å². The highest BCUT2D eigenvalue weighted by molar-refractivity contribution is 9.10. The summed E-state index contributed by atoms with van der Waals surface area (Å²) in [5.41, 5.74) is 0. The Morgan fingerprint density at radius 3 is 2.81 bits per heavy atom. The van der Waals surface area contributed by atoms with Crippen LogP contribution in [0.4, 0.5) is 4.39 Å². The first-order valence-corrected chi connectivity index (χ1v) is 6.25. The van der Waals surface area contributed by atoms with Gasteiger partial charge < -0.3 is 0 Å². The van der Waals surface area contributed by atoms with Crippen molar-refractivity contribution in [1.82, 2.24) is 9.97 Å². The molecule has 0 N–H and O–H groups in total. The summed E-state index contributed by atoms with van der Waals surface area (Å²) in [4.78, 5) is 8.02. The fourth-order valence-electron chi connectivity index (χ4n) is 1.02. The number of pyridine rings is 2. The van der Waals surface area contributed by atoms with Crippen LogP contribution < -0.4 is 0 Å². The highest BCUT2D eigenvalue weighted by atomic mass is 79.9. The van der Waals surface area contributed by atoms with E-state index in [4.69, 9.17) is 11.6 Å². The summed E-state index contributed by atoms with van der Waals surface area (Å²) in [6, 6.07) is 4.86. The van der Waals surface area contributed by atoms with Crippen molar-refractivity contribution in [3.05, 3.63) is 45.9 Å². The molecule has 2 aromatic heterocycles. The fourth-order valence-corrected chi connectivity index (χ4v) is 2.38. The highest BCUT2D eigenvalue weighted by Gasteiger charge is 2.09. The highest BCUT2D eigenvalue weighted by Crippen LogP contribution is 2.32. The Hall–Kier alpha value is -0.650. The lowest BCUT2D eigenvalue weighted by atomic mass is 10.5.